The molecular weight excluding hydrogens is 332 g/mol. The minimum absolute atomic E-state index is 0.0616. The molecule has 0 aromatic heterocycles. The van der Waals surface area contributed by atoms with E-state index in [1.54, 1.807) is 31.3 Å². The van der Waals surface area contributed by atoms with E-state index in [1.165, 1.54) is 4.90 Å². The van der Waals surface area contributed by atoms with Crippen LogP contribution in [0.15, 0.2) is 54.6 Å². The van der Waals surface area contributed by atoms with Crippen molar-refractivity contribution in [2.45, 2.75) is 6.92 Å². The normalized spacial score (nSPS) is 10.1. The van der Waals surface area contributed by atoms with Crippen LogP contribution >= 0.6 is 0 Å². The highest BCUT2D eigenvalue weighted by Gasteiger charge is 2.12. The molecule has 2 aromatic carbocycles. The SMILES string of the molecule is CCOc1ccc(C(=O)NCC(=O)N(C)CCOc2ccccc2)cc1. The molecule has 138 valence electrons. The molecule has 6 heteroatoms. The van der Waals surface area contributed by atoms with Gasteiger partial charge in [0, 0.05) is 12.6 Å². The van der Waals surface area contributed by atoms with Gasteiger partial charge in [0.05, 0.1) is 19.7 Å². The molecule has 0 saturated carbocycles. The first kappa shape index (κ1) is 19.3. The molecule has 0 heterocycles. The Balaban J connectivity index is 1.71. The quantitative estimate of drug-likeness (QED) is 0.749. The van der Waals surface area contributed by atoms with Crippen molar-refractivity contribution >= 4 is 11.8 Å². The Labute approximate surface area is 153 Å². The number of nitrogens with one attached hydrogen (secondary N) is 1. The number of carbonyl (C=O) groups excluding carboxylic acids is 2. The Morgan fingerprint density at radius 1 is 0.962 bits per heavy atom. The molecule has 0 aliphatic heterocycles. The van der Waals surface area contributed by atoms with Crippen molar-refractivity contribution in [3.8, 4) is 11.5 Å². The van der Waals surface area contributed by atoms with Crippen LogP contribution in [0.5, 0.6) is 11.5 Å². The fourth-order valence-corrected chi connectivity index (χ4v) is 2.20. The van der Waals surface area contributed by atoms with Crippen LogP contribution in [0.1, 0.15) is 17.3 Å². The lowest BCUT2D eigenvalue weighted by atomic mass is 10.2. The third kappa shape index (κ3) is 6.12. The molecule has 2 rings (SSSR count). The summed E-state index contributed by atoms with van der Waals surface area (Å²) < 4.78 is 10.9. The predicted octanol–water partition coefficient (Wildman–Crippen LogP) is 2.35. The molecule has 2 aromatic rings. The third-order valence-corrected chi connectivity index (χ3v) is 3.69. The van der Waals surface area contributed by atoms with Gasteiger partial charge in [0.15, 0.2) is 0 Å². The van der Waals surface area contributed by atoms with E-state index in [0.717, 1.165) is 5.75 Å². The van der Waals surface area contributed by atoms with Crippen molar-refractivity contribution in [3.05, 3.63) is 60.2 Å². The summed E-state index contributed by atoms with van der Waals surface area (Å²) in [4.78, 5) is 25.7. The van der Waals surface area contributed by atoms with Gasteiger partial charge >= 0.3 is 0 Å². The van der Waals surface area contributed by atoms with Crippen LogP contribution in [-0.4, -0.2) is 50.1 Å². The van der Waals surface area contributed by atoms with E-state index in [1.807, 2.05) is 37.3 Å². The van der Waals surface area contributed by atoms with Crippen LogP contribution in [0.3, 0.4) is 0 Å². The predicted molar refractivity (Wildman–Crippen MR) is 99.5 cm³/mol. The zero-order valence-corrected chi connectivity index (χ0v) is 15.1. The van der Waals surface area contributed by atoms with E-state index in [0.29, 0.717) is 31.1 Å². The van der Waals surface area contributed by atoms with E-state index >= 15 is 0 Å². The highest BCUT2D eigenvalue weighted by molar-refractivity contribution is 5.96. The van der Waals surface area contributed by atoms with Gasteiger partial charge in [-0.1, -0.05) is 18.2 Å². The summed E-state index contributed by atoms with van der Waals surface area (Å²) in [7, 11) is 1.68. The van der Waals surface area contributed by atoms with Crippen LogP contribution in [0.25, 0.3) is 0 Å². The lowest BCUT2D eigenvalue weighted by Crippen LogP contribution is -2.39. The van der Waals surface area contributed by atoms with Crippen molar-refractivity contribution in [2.24, 2.45) is 0 Å². The van der Waals surface area contributed by atoms with Gasteiger partial charge in [-0.2, -0.15) is 0 Å². The van der Waals surface area contributed by atoms with Gasteiger partial charge in [-0.3, -0.25) is 9.59 Å². The lowest BCUT2D eigenvalue weighted by Gasteiger charge is -2.18. The Bertz CT molecular complexity index is 702. The first-order valence-corrected chi connectivity index (χ1v) is 8.53. The van der Waals surface area contributed by atoms with Gasteiger partial charge < -0.3 is 19.7 Å². The maximum absolute atomic E-state index is 12.1. The van der Waals surface area contributed by atoms with E-state index in [9.17, 15) is 9.59 Å². The molecule has 26 heavy (non-hydrogen) atoms. The molecule has 6 nitrogen and oxygen atoms in total. The first-order valence-electron chi connectivity index (χ1n) is 8.53. The molecule has 0 atom stereocenters. The van der Waals surface area contributed by atoms with E-state index in [2.05, 4.69) is 5.32 Å². The van der Waals surface area contributed by atoms with Crippen molar-refractivity contribution in [1.82, 2.24) is 10.2 Å². The number of hydrogen-bond donors (Lipinski definition) is 1. The average molecular weight is 356 g/mol. The number of likely N-dealkylation sites (N-methyl/N-ethyl adjacent to an activating group) is 1. The minimum atomic E-state index is -0.296. The fourth-order valence-electron chi connectivity index (χ4n) is 2.20. The van der Waals surface area contributed by atoms with Gasteiger partial charge in [-0.05, 0) is 43.3 Å². The molecule has 0 aliphatic carbocycles. The number of hydrogen-bond acceptors (Lipinski definition) is 4. The Morgan fingerprint density at radius 2 is 1.62 bits per heavy atom. The van der Waals surface area contributed by atoms with Crippen LogP contribution in [-0.2, 0) is 4.79 Å². The zero-order valence-electron chi connectivity index (χ0n) is 15.1. The topological polar surface area (TPSA) is 67.9 Å². The number of para-hydroxylation sites is 1. The largest absolute Gasteiger partial charge is 0.494 e. The molecule has 0 radical (unpaired) electrons. The maximum Gasteiger partial charge on any atom is 0.251 e. The Hall–Kier alpha value is -3.02. The minimum Gasteiger partial charge on any atom is -0.494 e. The summed E-state index contributed by atoms with van der Waals surface area (Å²) in [6.45, 7) is 3.23. The van der Waals surface area contributed by atoms with Crippen molar-refractivity contribution in [2.75, 3.05) is 33.4 Å². The van der Waals surface area contributed by atoms with Gasteiger partial charge in [-0.15, -0.1) is 0 Å². The van der Waals surface area contributed by atoms with Gasteiger partial charge in [-0.25, -0.2) is 0 Å². The number of carbonyl (C=O) groups is 2. The highest BCUT2D eigenvalue weighted by Crippen LogP contribution is 2.12. The van der Waals surface area contributed by atoms with E-state index in [-0.39, 0.29) is 18.4 Å². The zero-order chi connectivity index (χ0) is 18.8. The molecule has 0 spiro atoms. The smallest absolute Gasteiger partial charge is 0.251 e. The Morgan fingerprint density at radius 3 is 2.27 bits per heavy atom. The van der Waals surface area contributed by atoms with Crippen LogP contribution in [0.2, 0.25) is 0 Å². The summed E-state index contributed by atoms with van der Waals surface area (Å²) in [6.07, 6.45) is 0. The highest BCUT2D eigenvalue weighted by atomic mass is 16.5. The summed E-state index contributed by atoms with van der Waals surface area (Å²) in [5, 5.41) is 2.63. The second-order valence-electron chi connectivity index (χ2n) is 5.62. The van der Waals surface area contributed by atoms with Gasteiger partial charge in [0.1, 0.15) is 18.1 Å². The van der Waals surface area contributed by atoms with E-state index < -0.39 is 0 Å². The van der Waals surface area contributed by atoms with Crippen LogP contribution in [0.4, 0.5) is 0 Å². The molecule has 0 fully saturated rings. The van der Waals surface area contributed by atoms with Crippen LogP contribution < -0.4 is 14.8 Å². The first-order chi connectivity index (χ1) is 12.6. The number of benzene rings is 2. The molecule has 0 unspecified atom stereocenters. The second-order valence-corrected chi connectivity index (χ2v) is 5.62. The number of ether oxygens (including phenoxy) is 2. The molecule has 1 N–H and O–H groups in total. The maximum atomic E-state index is 12.1. The van der Waals surface area contributed by atoms with Gasteiger partial charge in [0.2, 0.25) is 5.91 Å². The average Bonchev–Trinajstić information content (AvgIpc) is 2.67. The van der Waals surface area contributed by atoms with Crippen molar-refractivity contribution in [3.63, 3.8) is 0 Å². The molecule has 0 aliphatic rings. The third-order valence-electron chi connectivity index (χ3n) is 3.69. The molecular formula is C20H24N2O4. The fraction of sp³-hybridized carbons (Fsp3) is 0.300. The summed E-state index contributed by atoms with van der Waals surface area (Å²) >= 11 is 0. The molecule has 2 amide bonds. The van der Waals surface area contributed by atoms with Gasteiger partial charge in [0.25, 0.3) is 5.91 Å². The summed E-state index contributed by atoms with van der Waals surface area (Å²) in [5.41, 5.74) is 0.483. The number of nitrogens with zero attached hydrogens (tertiary/aromatic N) is 1. The summed E-state index contributed by atoms with van der Waals surface area (Å²) in [6, 6.07) is 16.2. The molecule has 0 saturated heterocycles. The molecule has 0 bridgehead atoms. The lowest BCUT2D eigenvalue weighted by molar-refractivity contribution is -0.129. The Kier molecular flexibility index (Phi) is 7.49. The number of rotatable bonds is 9. The number of amides is 2. The second kappa shape index (κ2) is 10.1. The van der Waals surface area contributed by atoms with Crippen LogP contribution in [0, 0.1) is 0 Å². The monoisotopic (exact) mass is 356 g/mol. The summed E-state index contributed by atoms with van der Waals surface area (Å²) in [5.74, 6) is 0.992. The standard InChI is InChI=1S/C20H24N2O4/c1-3-25-18-11-9-16(10-12-18)20(24)21-15-19(23)22(2)13-14-26-17-7-5-4-6-8-17/h4-12H,3,13-15H2,1-2H3,(H,21,24). The van der Waals surface area contributed by atoms with Crippen molar-refractivity contribution in [1.29, 1.82) is 0 Å². The van der Waals surface area contributed by atoms with E-state index in [4.69, 9.17) is 9.47 Å². The van der Waals surface area contributed by atoms with Crippen molar-refractivity contribution < 1.29 is 19.1 Å².